The van der Waals surface area contributed by atoms with E-state index in [9.17, 15) is 15.0 Å². The zero-order valence-electron chi connectivity index (χ0n) is 22.0. The molecular weight excluding hydrogens is 424 g/mol. The molecule has 3 N–H and O–H groups in total. The number of rotatable bonds is 9. The lowest BCUT2D eigenvalue weighted by Crippen LogP contribution is -2.36. The van der Waals surface area contributed by atoms with Gasteiger partial charge in [-0.15, -0.1) is 0 Å². The van der Waals surface area contributed by atoms with Gasteiger partial charge in [0.2, 0.25) is 0 Å². The molecule has 0 aromatic heterocycles. The summed E-state index contributed by atoms with van der Waals surface area (Å²) in [5, 5.41) is 29.6. The molecule has 3 rings (SSSR count). The summed E-state index contributed by atoms with van der Waals surface area (Å²) >= 11 is 0. The quantitative estimate of drug-likeness (QED) is 0.344. The first-order chi connectivity index (χ1) is 15.9. The number of carbonyl (C=O) groups is 1. The van der Waals surface area contributed by atoms with Crippen LogP contribution in [0.15, 0.2) is 35.5 Å². The van der Waals surface area contributed by atoms with E-state index < -0.39 is 17.7 Å². The Morgan fingerprint density at radius 1 is 1.26 bits per heavy atom. The fourth-order valence-corrected chi connectivity index (χ4v) is 7.39. The average molecular weight is 473 g/mol. The number of carboxylic acid groups (broad SMARTS) is 1. The van der Waals surface area contributed by atoms with E-state index in [1.54, 1.807) is 5.57 Å². The van der Waals surface area contributed by atoms with Crippen molar-refractivity contribution in [3.8, 4) is 0 Å². The van der Waals surface area contributed by atoms with E-state index in [0.717, 1.165) is 29.9 Å². The Bertz CT molecular complexity index is 801. The van der Waals surface area contributed by atoms with Gasteiger partial charge >= 0.3 is 5.97 Å². The van der Waals surface area contributed by atoms with Crippen LogP contribution in [-0.4, -0.2) is 33.0 Å². The third-order valence-electron chi connectivity index (χ3n) is 9.34. The highest BCUT2D eigenvalue weighted by Gasteiger charge is 2.50. The Morgan fingerprint density at radius 2 is 2.00 bits per heavy atom. The fraction of sp³-hybridized carbons (Fsp3) is 0.767. The number of carboxylic acids is 1. The van der Waals surface area contributed by atoms with E-state index in [0.29, 0.717) is 36.5 Å². The summed E-state index contributed by atoms with van der Waals surface area (Å²) in [5.41, 5.74) is 3.56. The lowest BCUT2D eigenvalue weighted by molar-refractivity contribution is -0.137. The number of fused-ring (bicyclic) bond motifs is 1. The Kier molecular flexibility index (Phi) is 8.90. The number of aliphatic hydroxyl groups excluding tert-OH is 1. The summed E-state index contributed by atoms with van der Waals surface area (Å²) in [6.07, 6.45) is 15.4. The first-order valence-corrected chi connectivity index (χ1v) is 13.6. The van der Waals surface area contributed by atoms with Crippen molar-refractivity contribution in [1.29, 1.82) is 0 Å². The van der Waals surface area contributed by atoms with Gasteiger partial charge in [0.15, 0.2) is 0 Å². The molecule has 3 aliphatic rings. The smallest absolute Gasteiger partial charge is 0.303 e. The van der Waals surface area contributed by atoms with Gasteiger partial charge in [-0.1, -0.05) is 56.6 Å². The largest absolute Gasteiger partial charge is 0.481 e. The minimum atomic E-state index is -0.800. The molecule has 3 aliphatic carbocycles. The van der Waals surface area contributed by atoms with Crippen LogP contribution in [0.3, 0.4) is 0 Å². The molecule has 0 bridgehead atoms. The standard InChI is InChI=1S/C30H48O4/c1-20(8-6-16-29(3,4)34)25-13-14-26-22(9-7-17-30(25,26)5)10-11-23-19-27(31)24(18-21(23)2)12-15-28(32)33/h10-11,20,24-27,31,34H,2,6-9,12-19H2,1,3-5H3,(H,32,33)/b22-10+,23-11-/t20-,24-,25-,26+,27-,30-/m1/s1. The van der Waals surface area contributed by atoms with Crippen LogP contribution in [0.25, 0.3) is 0 Å². The molecule has 0 radical (unpaired) electrons. The maximum Gasteiger partial charge on any atom is 0.303 e. The van der Waals surface area contributed by atoms with Crippen LogP contribution in [0.2, 0.25) is 0 Å². The maximum absolute atomic E-state index is 10.9. The molecule has 3 saturated carbocycles. The number of hydrogen-bond donors (Lipinski definition) is 3. The van der Waals surface area contributed by atoms with Crippen LogP contribution in [0.5, 0.6) is 0 Å². The van der Waals surface area contributed by atoms with Gasteiger partial charge in [-0.3, -0.25) is 4.79 Å². The fourth-order valence-electron chi connectivity index (χ4n) is 7.39. The zero-order chi connectivity index (χ0) is 25.1. The lowest BCUT2D eigenvalue weighted by atomic mass is 9.60. The first-order valence-electron chi connectivity index (χ1n) is 13.6. The van der Waals surface area contributed by atoms with Crippen LogP contribution in [0, 0.1) is 29.1 Å². The molecule has 0 aromatic rings. The predicted molar refractivity (Wildman–Crippen MR) is 138 cm³/mol. The van der Waals surface area contributed by atoms with Crippen molar-refractivity contribution in [2.75, 3.05) is 0 Å². The van der Waals surface area contributed by atoms with Crippen molar-refractivity contribution in [2.24, 2.45) is 29.1 Å². The minimum absolute atomic E-state index is 0.000128. The first kappa shape index (κ1) is 27.2. The molecule has 4 heteroatoms. The van der Waals surface area contributed by atoms with E-state index in [1.165, 1.54) is 38.5 Å². The van der Waals surface area contributed by atoms with Gasteiger partial charge in [0.1, 0.15) is 0 Å². The molecule has 192 valence electrons. The monoisotopic (exact) mass is 472 g/mol. The van der Waals surface area contributed by atoms with Crippen molar-refractivity contribution < 1.29 is 20.1 Å². The van der Waals surface area contributed by atoms with Crippen molar-refractivity contribution in [3.05, 3.63) is 35.5 Å². The summed E-state index contributed by atoms with van der Waals surface area (Å²) < 4.78 is 0. The second-order valence-corrected chi connectivity index (χ2v) is 12.5. The number of aliphatic carboxylic acids is 1. The van der Waals surface area contributed by atoms with Crippen LogP contribution in [0.4, 0.5) is 0 Å². The van der Waals surface area contributed by atoms with Crippen molar-refractivity contribution in [1.82, 2.24) is 0 Å². The summed E-state index contributed by atoms with van der Waals surface area (Å²) in [4.78, 5) is 10.9. The third kappa shape index (κ3) is 6.63. The second kappa shape index (κ2) is 11.1. The molecule has 34 heavy (non-hydrogen) atoms. The molecule has 4 nitrogen and oxygen atoms in total. The number of hydrogen-bond acceptors (Lipinski definition) is 3. The topological polar surface area (TPSA) is 77.8 Å². The molecule has 0 amide bonds. The van der Waals surface area contributed by atoms with Gasteiger partial charge in [0, 0.05) is 6.42 Å². The Labute approximate surface area is 207 Å². The van der Waals surface area contributed by atoms with E-state index in [4.69, 9.17) is 5.11 Å². The average Bonchev–Trinajstić information content (AvgIpc) is 3.09. The minimum Gasteiger partial charge on any atom is -0.481 e. The van der Waals surface area contributed by atoms with Gasteiger partial charge in [-0.25, -0.2) is 0 Å². The maximum atomic E-state index is 10.9. The van der Waals surface area contributed by atoms with Gasteiger partial charge < -0.3 is 15.3 Å². The highest BCUT2D eigenvalue weighted by molar-refractivity contribution is 5.66. The van der Waals surface area contributed by atoms with E-state index in [-0.39, 0.29) is 12.3 Å². The van der Waals surface area contributed by atoms with Gasteiger partial charge in [0.25, 0.3) is 0 Å². The van der Waals surface area contributed by atoms with Crippen LogP contribution in [-0.2, 0) is 4.79 Å². The predicted octanol–water partition coefficient (Wildman–Crippen LogP) is 6.82. The SMILES string of the molecule is C=C1C[C@@H](CCC(=O)O)[C@H](O)C/C1=C/C=C1\CCC[C@]2(C)[C@@H]([C@H](C)CCCC(C)(C)O)CC[C@@H]12. The van der Waals surface area contributed by atoms with Crippen LogP contribution in [0.1, 0.15) is 105 Å². The molecule has 0 aromatic carbocycles. The normalized spacial score (nSPS) is 35.5. The molecule has 0 spiro atoms. The Morgan fingerprint density at radius 3 is 2.68 bits per heavy atom. The number of aliphatic hydroxyl groups is 2. The summed E-state index contributed by atoms with van der Waals surface area (Å²) in [6, 6.07) is 0. The molecule has 3 fully saturated rings. The molecular formula is C30H48O4. The van der Waals surface area contributed by atoms with Crippen molar-refractivity contribution >= 4 is 5.97 Å². The number of allylic oxidation sites excluding steroid dienone is 4. The summed E-state index contributed by atoms with van der Waals surface area (Å²) in [5.74, 6) is 1.28. The van der Waals surface area contributed by atoms with Crippen molar-refractivity contribution in [3.63, 3.8) is 0 Å². The Hall–Kier alpha value is -1.39. The second-order valence-electron chi connectivity index (χ2n) is 12.5. The van der Waals surface area contributed by atoms with Gasteiger partial charge in [-0.05, 0) is 106 Å². The molecule has 6 atom stereocenters. The van der Waals surface area contributed by atoms with E-state index in [1.807, 2.05) is 13.8 Å². The Balaban J connectivity index is 1.65. The van der Waals surface area contributed by atoms with E-state index >= 15 is 0 Å². The molecule has 0 unspecified atom stereocenters. The highest BCUT2D eigenvalue weighted by Crippen LogP contribution is 2.60. The van der Waals surface area contributed by atoms with Crippen LogP contribution >= 0.6 is 0 Å². The third-order valence-corrected chi connectivity index (χ3v) is 9.34. The summed E-state index contributed by atoms with van der Waals surface area (Å²) in [6.45, 7) is 13.0. The van der Waals surface area contributed by atoms with Gasteiger partial charge in [-0.2, -0.15) is 0 Å². The lowest BCUT2D eigenvalue weighted by Gasteiger charge is -2.44. The zero-order valence-corrected chi connectivity index (χ0v) is 22.0. The molecule has 0 heterocycles. The van der Waals surface area contributed by atoms with Crippen molar-refractivity contribution in [2.45, 2.75) is 116 Å². The van der Waals surface area contributed by atoms with Crippen LogP contribution < -0.4 is 0 Å². The molecule has 0 saturated heterocycles. The van der Waals surface area contributed by atoms with E-state index in [2.05, 4.69) is 32.6 Å². The summed E-state index contributed by atoms with van der Waals surface area (Å²) in [7, 11) is 0. The molecule has 0 aliphatic heterocycles. The van der Waals surface area contributed by atoms with Gasteiger partial charge in [0.05, 0.1) is 11.7 Å². The highest BCUT2D eigenvalue weighted by atomic mass is 16.4.